The molecule has 2 N–H and O–H groups in total. The average Bonchev–Trinajstić information content (AvgIpc) is 2.93. The van der Waals surface area contributed by atoms with E-state index in [9.17, 15) is 0 Å². The Bertz CT molecular complexity index is 558. The van der Waals surface area contributed by atoms with Gasteiger partial charge in [0.05, 0.1) is 17.4 Å². The zero-order chi connectivity index (χ0) is 12.8. The minimum absolute atomic E-state index is 0.247. The lowest BCUT2D eigenvalue weighted by molar-refractivity contribution is 0.454. The molecular formula is C14H20N4. The Morgan fingerprint density at radius 2 is 2.22 bits per heavy atom. The molecule has 4 heteroatoms. The molecule has 1 aromatic carbocycles. The standard InChI is InChI=1S/C14H20N4/c1-14(2)7-11(8-17-14)18(3)10-4-5-12-13(6-10)16-9-15-12/h4-6,9,11,17H,7-8H2,1-3H3,(H,15,16). The van der Waals surface area contributed by atoms with E-state index < -0.39 is 0 Å². The second-order valence-corrected chi connectivity index (χ2v) is 5.84. The molecule has 0 spiro atoms. The maximum Gasteiger partial charge on any atom is 0.0931 e. The molecule has 4 nitrogen and oxygen atoms in total. The normalized spacial score (nSPS) is 22.5. The first-order valence-corrected chi connectivity index (χ1v) is 6.46. The van der Waals surface area contributed by atoms with Gasteiger partial charge >= 0.3 is 0 Å². The van der Waals surface area contributed by atoms with Crippen LogP contribution in [0, 0.1) is 0 Å². The third kappa shape index (κ3) is 1.97. The van der Waals surface area contributed by atoms with E-state index in [4.69, 9.17) is 0 Å². The van der Waals surface area contributed by atoms with Gasteiger partial charge in [-0.25, -0.2) is 4.98 Å². The van der Waals surface area contributed by atoms with Gasteiger partial charge in [0.15, 0.2) is 0 Å². The van der Waals surface area contributed by atoms with Gasteiger partial charge in [0.1, 0.15) is 0 Å². The minimum Gasteiger partial charge on any atom is -0.370 e. The second-order valence-electron chi connectivity index (χ2n) is 5.84. The molecule has 2 heterocycles. The summed E-state index contributed by atoms with van der Waals surface area (Å²) in [5.74, 6) is 0. The molecule has 1 aliphatic rings. The van der Waals surface area contributed by atoms with Crippen LogP contribution in [0.4, 0.5) is 5.69 Å². The largest absolute Gasteiger partial charge is 0.370 e. The lowest BCUT2D eigenvalue weighted by Gasteiger charge is -2.27. The van der Waals surface area contributed by atoms with E-state index >= 15 is 0 Å². The van der Waals surface area contributed by atoms with E-state index in [1.807, 2.05) is 0 Å². The maximum absolute atomic E-state index is 4.25. The molecule has 1 atom stereocenters. The molecule has 0 amide bonds. The minimum atomic E-state index is 0.247. The lowest BCUT2D eigenvalue weighted by atomic mass is 10.0. The smallest absolute Gasteiger partial charge is 0.0931 e. The highest BCUT2D eigenvalue weighted by molar-refractivity contribution is 5.79. The first-order valence-electron chi connectivity index (χ1n) is 6.46. The summed E-state index contributed by atoms with van der Waals surface area (Å²) in [6.07, 6.45) is 2.92. The quantitative estimate of drug-likeness (QED) is 0.850. The van der Waals surface area contributed by atoms with Crippen LogP contribution in [0.1, 0.15) is 20.3 Å². The molecule has 0 radical (unpaired) electrons. The van der Waals surface area contributed by atoms with Crippen LogP contribution in [0.25, 0.3) is 11.0 Å². The summed E-state index contributed by atoms with van der Waals surface area (Å²) in [4.78, 5) is 9.78. The van der Waals surface area contributed by atoms with Crippen molar-refractivity contribution in [2.75, 3.05) is 18.5 Å². The van der Waals surface area contributed by atoms with Crippen LogP contribution in [0.3, 0.4) is 0 Å². The van der Waals surface area contributed by atoms with Gasteiger partial charge in [0, 0.05) is 30.9 Å². The number of nitrogens with one attached hydrogen (secondary N) is 2. The van der Waals surface area contributed by atoms with Crippen LogP contribution < -0.4 is 10.2 Å². The summed E-state index contributed by atoms with van der Waals surface area (Å²) in [5, 5.41) is 3.57. The maximum atomic E-state index is 4.25. The topological polar surface area (TPSA) is 44.0 Å². The van der Waals surface area contributed by atoms with E-state index in [0.717, 1.165) is 17.6 Å². The fourth-order valence-corrected chi connectivity index (χ4v) is 2.76. The van der Waals surface area contributed by atoms with Crippen LogP contribution in [0.2, 0.25) is 0 Å². The summed E-state index contributed by atoms with van der Waals surface area (Å²) in [6.45, 7) is 5.57. The van der Waals surface area contributed by atoms with E-state index in [1.54, 1.807) is 6.33 Å². The van der Waals surface area contributed by atoms with E-state index in [0.29, 0.717) is 6.04 Å². The first kappa shape index (κ1) is 11.5. The Hall–Kier alpha value is -1.55. The molecule has 1 aliphatic heterocycles. The zero-order valence-corrected chi connectivity index (χ0v) is 11.2. The summed E-state index contributed by atoms with van der Waals surface area (Å²) in [7, 11) is 2.17. The van der Waals surface area contributed by atoms with Gasteiger partial charge in [-0.05, 0) is 38.5 Å². The van der Waals surface area contributed by atoms with E-state index in [1.165, 1.54) is 12.1 Å². The highest BCUT2D eigenvalue weighted by Gasteiger charge is 2.32. The highest BCUT2D eigenvalue weighted by Crippen LogP contribution is 2.27. The van der Waals surface area contributed by atoms with Crippen molar-refractivity contribution in [1.82, 2.24) is 15.3 Å². The molecule has 0 bridgehead atoms. The number of rotatable bonds is 2. The number of nitrogens with zero attached hydrogens (tertiary/aromatic N) is 2. The van der Waals surface area contributed by atoms with Crippen molar-refractivity contribution in [3.63, 3.8) is 0 Å². The number of benzene rings is 1. The Labute approximate surface area is 107 Å². The number of imidazole rings is 1. The second kappa shape index (κ2) is 3.99. The first-order chi connectivity index (χ1) is 8.55. The third-order valence-electron chi connectivity index (χ3n) is 3.92. The van der Waals surface area contributed by atoms with Gasteiger partial charge in [0.25, 0.3) is 0 Å². The van der Waals surface area contributed by atoms with E-state index in [2.05, 4.69) is 59.3 Å². The van der Waals surface area contributed by atoms with Crippen LogP contribution in [-0.4, -0.2) is 35.1 Å². The van der Waals surface area contributed by atoms with Crippen LogP contribution in [0.5, 0.6) is 0 Å². The molecule has 3 rings (SSSR count). The van der Waals surface area contributed by atoms with Crippen molar-refractivity contribution in [3.05, 3.63) is 24.5 Å². The van der Waals surface area contributed by atoms with Crippen molar-refractivity contribution in [2.24, 2.45) is 0 Å². The predicted molar refractivity (Wildman–Crippen MR) is 75.0 cm³/mol. The molecule has 1 unspecified atom stereocenters. The predicted octanol–water partition coefficient (Wildman–Crippen LogP) is 2.14. The fourth-order valence-electron chi connectivity index (χ4n) is 2.76. The fraction of sp³-hybridized carbons (Fsp3) is 0.500. The number of aromatic amines is 1. The molecule has 96 valence electrons. The number of hydrogen-bond donors (Lipinski definition) is 2. The van der Waals surface area contributed by atoms with Gasteiger partial charge in [-0.15, -0.1) is 0 Å². The molecule has 2 aromatic rings. The highest BCUT2D eigenvalue weighted by atomic mass is 15.2. The van der Waals surface area contributed by atoms with Crippen molar-refractivity contribution in [2.45, 2.75) is 31.8 Å². The molecule has 0 saturated carbocycles. The number of anilines is 1. The molecule has 1 fully saturated rings. The van der Waals surface area contributed by atoms with Crippen molar-refractivity contribution < 1.29 is 0 Å². The van der Waals surface area contributed by atoms with Crippen LogP contribution in [-0.2, 0) is 0 Å². The summed E-state index contributed by atoms with van der Waals surface area (Å²) in [6, 6.07) is 6.95. The van der Waals surface area contributed by atoms with Crippen LogP contribution in [0.15, 0.2) is 24.5 Å². The molecule has 18 heavy (non-hydrogen) atoms. The summed E-state index contributed by atoms with van der Waals surface area (Å²) in [5.41, 5.74) is 3.62. The number of likely N-dealkylation sites (N-methyl/N-ethyl adjacent to an activating group) is 1. The van der Waals surface area contributed by atoms with Crippen molar-refractivity contribution in [1.29, 1.82) is 0 Å². The van der Waals surface area contributed by atoms with Gasteiger partial charge in [0.2, 0.25) is 0 Å². The molecule has 1 saturated heterocycles. The molecular weight excluding hydrogens is 224 g/mol. The Morgan fingerprint density at radius 3 is 2.94 bits per heavy atom. The monoisotopic (exact) mass is 244 g/mol. The number of fused-ring (bicyclic) bond motifs is 1. The number of hydrogen-bond acceptors (Lipinski definition) is 3. The van der Waals surface area contributed by atoms with Gasteiger partial charge < -0.3 is 15.2 Å². The Kier molecular flexibility index (Phi) is 2.55. The summed E-state index contributed by atoms with van der Waals surface area (Å²) >= 11 is 0. The number of H-pyrrole nitrogens is 1. The average molecular weight is 244 g/mol. The molecule has 1 aromatic heterocycles. The van der Waals surface area contributed by atoms with Crippen LogP contribution >= 0.6 is 0 Å². The Morgan fingerprint density at radius 1 is 1.39 bits per heavy atom. The summed E-state index contributed by atoms with van der Waals surface area (Å²) < 4.78 is 0. The zero-order valence-electron chi connectivity index (χ0n) is 11.2. The number of aromatic nitrogens is 2. The van der Waals surface area contributed by atoms with Gasteiger partial charge in [-0.2, -0.15) is 0 Å². The molecule has 0 aliphatic carbocycles. The third-order valence-corrected chi connectivity index (χ3v) is 3.92. The van der Waals surface area contributed by atoms with Crippen molar-refractivity contribution in [3.8, 4) is 0 Å². The Balaban J connectivity index is 1.85. The lowest BCUT2D eigenvalue weighted by Crippen LogP contribution is -2.33. The van der Waals surface area contributed by atoms with Crippen molar-refractivity contribution >= 4 is 16.7 Å². The SMILES string of the molecule is CN(c1ccc2nc[nH]c2c1)C1CNC(C)(C)C1. The van der Waals surface area contributed by atoms with Gasteiger partial charge in [-0.1, -0.05) is 0 Å². The van der Waals surface area contributed by atoms with E-state index in [-0.39, 0.29) is 5.54 Å². The van der Waals surface area contributed by atoms with Gasteiger partial charge in [-0.3, -0.25) is 0 Å².